The van der Waals surface area contributed by atoms with Gasteiger partial charge in [0, 0.05) is 82.4 Å². The molecule has 4 fully saturated rings. The van der Waals surface area contributed by atoms with Gasteiger partial charge in [0.25, 0.3) is 5.91 Å². The van der Waals surface area contributed by atoms with Gasteiger partial charge in [-0.25, -0.2) is 14.0 Å². The summed E-state index contributed by atoms with van der Waals surface area (Å²) >= 11 is 0. The molecule has 2 amide bonds. The lowest BCUT2D eigenvalue weighted by atomic mass is 9.87. The van der Waals surface area contributed by atoms with E-state index in [1.807, 2.05) is 32.7 Å². The highest BCUT2D eigenvalue weighted by molar-refractivity contribution is 6.10. The Kier molecular flexibility index (Phi) is 10.6. The van der Waals surface area contributed by atoms with Crippen LogP contribution in [0.4, 0.5) is 27.3 Å². The van der Waals surface area contributed by atoms with Gasteiger partial charge in [-0.05, 0) is 81.3 Å². The number of halogens is 1. The van der Waals surface area contributed by atoms with Crippen LogP contribution >= 0.6 is 0 Å². The van der Waals surface area contributed by atoms with E-state index < -0.39 is 11.4 Å². The normalized spacial score (nSPS) is 18.4. The molecule has 0 spiro atoms. The van der Waals surface area contributed by atoms with Gasteiger partial charge in [0.15, 0.2) is 23.2 Å². The van der Waals surface area contributed by atoms with E-state index in [9.17, 15) is 24.3 Å². The average molecular weight is 870 g/mol. The zero-order chi connectivity index (χ0) is 44.1. The average Bonchev–Trinajstić information content (AvgIpc) is 4.06. The molecule has 0 unspecified atom stereocenters. The van der Waals surface area contributed by atoms with Crippen molar-refractivity contribution < 1.29 is 28.7 Å². The molecule has 64 heavy (non-hydrogen) atoms. The van der Waals surface area contributed by atoms with Crippen LogP contribution in [0.5, 0.6) is 0 Å². The molecular formula is C45H48FN13O5. The van der Waals surface area contributed by atoms with Crippen molar-refractivity contribution in [3.05, 3.63) is 78.0 Å². The summed E-state index contributed by atoms with van der Waals surface area (Å²) in [5.74, 6) is 3.13. The van der Waals surface area contributed by atoms with E-state index in [0.29, 0.717) is 97.6 Å². The number of fused-ring (bicyclic) bond motifs is 3. The molecule has 18 nitrogen and oxygen atoms in total. The summed E-state index contributed by atoms with van der Waals surface area (Å²) in [7, 11) is 1.74. The third-order valence-electron chi connectivity index (χ3n) is 13.4. The van der Waals surface area contributed by atoms with E-state index in [1.54, 1.807) is 57.7 Å². The smallest absolute Gasteiger partial charge is 0.259 e. The largest absolute Gasteiger partial charge is 0.389 e. The first-order valence-corrected chi connectivity index (χ1v) is 21.9. The van der Waals surface area contributed by atoms with E-state index >= 15 is 4.39 Å². The predicted octanol–water partition coefficient (Wildman–Crippen LogP) is 4.12. The molecule has 0 bridgehead atoms. The van der Waals surface area contributed by atoms with Crippen molar-refractivity contribution in [2.24, 2.45) is 7.05 Å². The Morgan fingerprint density at radius 3 is 2.50 bits per heavy atom. The SMILES string of the molecule is Cn1nc(N2CCC(=C=O)NC2=C=O)c2cc(F)c(N3CCC(O)(CC(=O)N4CCC(n5cc6cc(NC(=O)c7cccn8cnnc78)c(N7CCCCC7)cc6n5)CC4)CC3)cc21. The minimum Gasteiger partial charge on any atom is -0.389 e. The van der Waals surface area contributed by atoms with Gasteiger partial charge in [-0.1, -0.05) is 0 Å². The quantitative estimate of drug-likeness (QED) is 0.186. The van der Waals surface area contributed by atoms with Crippen molar-refractivity contribution in [2.75, 3.05) is 65.8 Å². The molecule has 0 aliphatic carbocycles. The van der Waals surface area contributed by atoms with E-state index in [0.717, 1.165) is 42.5 Å². The fraction of sp³-hybridized carbons (Fsp3) is 0.422. The second kappa shape index (κ2) is 16.6. The highest BCUT2D eigenvalue weighted by atomic mass is 19.1. The van der Waals surface area contributed by atoms with E-state index in [-0.39, 0.29) is 42.3 Å². The van der Waals surface area contributed by atoms with Gasteiger partial charge in [0.1, 0.15) is 23.8 Å². The van der Waals surface area contributed by atoms with Crippen molar-refractivity contribution in [3.8, 4) is 0 Å². The van der Waals surface area contributed by atoms with Gasteiger partial charge >= 0.3 is 0 Å². The van der Waals surface area contributed by atoms with Gasteiger partial charge in [-0.15, -0.1) is 10.2 Å². The van der Waals surface area contributed by atoms with Crippen molar-refractivity contribution in [1.29, 1.82) is 0 Å². The Balaban J connectivity index is 0.778. The summed E-state index contributed by atoms with van der Waals surface area (Å²) in [5, 5.41) is 36.7. The number of nitrogens with one attached hydrogen (secondary N) is 2. The molecule has 4 aliphatic rings. The molecule has 19 heteroatoms. The molecule has 0 atom stereocenters. The number of likely N-dealkylation sites (tertiary alicyclic amines) is 1. The lowest BCUT2D eigenvalue weighted by molar-refractivity contribution is -0.138. The summed E-state index contributed by atoms with van der Waals surface area (Å²) < 4.78 is 21.2. The highest BCUT2D eigenvalue weighted by Gasteiger charge is 2.38. The van der Waals surface area contributed by atoms with E-state index in [2.05, 4.69) is 36.9 Å². The number of hydrogen-bond donors (Lipinski definition) is 3. The zero-order valence-electron chi connectivity index (χ0n) is 35.5. The lowest BCUT2D eigenvalue weighted by Gasteiger charge is -2.40. The van der Waals surface area contributed by atoms with Crippen molar-refractivity contribution in [1.82, 2.24) is 44.4 Å². The Morgan fingerprint density at radius 1 is 0.953 bits per heavy atom. The van der Waals surface area contributed by atoms with Crippen LogP contribution in [-0.2, 0) is 21.4 Å². The number of pyridine rings is 1. The number of amides is 2. The van der Waals surface area contributed by atoms with Gasteiger partial charge in [-0.3, -0.25) is 23.4 Å². The van der Waals surface area contributed by atoms with Crippen LogP contribution < -0.4 is 25.3 Å². The number of hydrogen-bond acceptors (Lipinski definition) is 13. The number of rotatable bonds is 8. The summed E-state index contributed by atoms with van der Waals surface area (Å²) in [4.78, 5) is 57.8. The van der Waals surface area contributed by atoms with Crippen LogP contribution in [0.25, 0.3) is 27.5 Å². The molecule has 4 saturated heterocycles. The van der Waals surface area contributed by atoms with Crippen molar-refractivity contribution in [2.45, 2.75) is 69.4 Å². The second-order valence-electron chi connectivity index (χ2n) is 17.3. The first kappa shape index (κ1) is 41.0. The molecular weight excluding hydrogens is 822 g/mol. The minimum absolute atomic E-state index is 0.00927. The van der Waals surface area contributed by atoms with Crippen LogP contribution in [0.2, 0.25) is 0 Å². The topological polar surface area (TPSA) is 191 Å². The monoisotopic (exact) mass is 869 g/mol. The number of nitrogens with zero attached hydrogens (tertiary/aromatic N) is 11. The Hall–Kier alpha value is -7.07. The number of aliphatic hydroxyl groups is 1. The van der Waals surface area contributed by atoms with E-state index in [1.165, 1.54) is 12.5 Å². The standard InChI is InChI=1S/C45H48FN13O5/c1-53-37-23-38(34(46)21-33(37)43(52-53)58-17-7-30(26-60)48-40(58)27-61)55-18-10-45(64,11-19-55)24-41(62)56-15-8-31(9-16-56)59-25-29-20-36(39(22-35(29)51-59)54-12-3-2-4-13-54)49-44(63)32-6-5-14-57-28-47-50-42(32)57/h5-6,14,20-23,25,28,31,48,64H,2-4,7-13,15-19,24H2,1H3,(H,49,63). The lowest BCUT2D eigenvalue weighted by Crippen LogP contribution is -2.49. The van der Waals surface area contributed by atoms with Gasteiger partial charge < -0.3 is 35.3 Å². The maximum atomic E-state index is 15.9. The Labute approximate surface area is 366 Å². The molecule has 4 aromatic heterocycles. The van der Waals surface area contributed by atoms with Crippen LogP contribution in [0, 0.1) is 5.82 Å². The number of aromatic nitrogens is 7. The molecule has 10 rings (SSSR count). The number of benzene rings is 2. The fourth-order valence-corrected chi connectivity index (χ4v) is 9.76. The maximum Gasteiger partial charge on any atom is 0.259 e. The van der Waals surface area contributed by atoms with Crippen molar-refractivity contribution in [3.63, 3.8) is 0 Å². The van der Waals surface area contributed by atoms with Gasteiger partial charge in [0.05, 0.1) is 51.7 Å². The Bertz CT molecular complexity index is 2910. The van der Waals surface area contributed by atoms with Crippen LogP contribution in [0.1, 0.15) is 74.2 Å². The molecule has 0 saturated carbocycles. The van der Waals surface area contributed by atoms with Crippen LogP contribution in [-0.4, -0.2) is 119 Å². The summed E-state index contributed by atoms with van der Waals surface area (Å²) in [6.45, 7) is 3.82. The number of aryl methyl sites for hydroxylation is 1. The van der Waals surface area contributed by atoms with E-state index in [4.69, 9.17) is 5.10 Å². The Morgan fingerprint density at radius 2 is 1.73 bits per heavy atom. The van der Waals surface area contributed by atoms with Crippen LogP contribution in [0.3, 0.4) is 0 Å². The van der Waals surface area contributed by atoms with Crippen molar-refractivity contribution >= 4 is 74.0 Å². The van der Waals surface area contributed by atoms with Gasteiger partial charge in [0.2, 0.25) is 5.91 Å². The molecule has 330 valence electrons. The number of carbonyl (C=O) groups is 2. The summed E-state index contributed by atoms with van der Waals surface area (Å²) in [6, 6.07) is 10.8. The van der Waals surface area contributed by atoms with Crippen LogP contribution in [0.15, 0.2) is 66.6 Å². The summed E-state index contributed by atoms with van der Waals surface area (Å²) in [5.41, 5.74) is 3.42. The first-order valence-electron chi connectivity index (χ1n) is 21.9. The molecule has 2 aromatic carbocycles. The number of piperidine rings is 3. The van der Waals surface area contributed by atoms with Gasteiger partial charge in [-0.2, -0.15) is 10.2 Å². The first-order chi connectivity index (χ1) is 31.1. The molecule has 8 heterocycles. The summed E-state index contributed by atoms with van der Waals surface area (Å²) in [6.07, 6.45) is 11.0. The molecule has 0 radical (unpaired) electrons. The second-order valence-corrected chi connectivity index (χ2v) is 17.3. The molecule has 3 N–H and O–H groups in total. The molecule has 6 aromatic rings. The predicted molar refractivity (Wildman–Crippen MR) is 237 cm³/mol. The third kappa shape index (κ3) is 7.61. The number of anilines is 4. The fourth-order valence-electron chi connectivity index (χ4n) is 9.76. The maximum absolute atomic E-state index is 15.9. The molecule has 4 aliphatic heterocycles. The highest BCUT2D eigenvalue weighted by Crippen LogP contribution is 2.38. The third-order valence-corrected chi connectivity index (χ3v) is 13.4. The zero-order valence-corrected chi connectivity index (χ0v) is 35.5. The minimum atomic E-state index is -1.22. The number of carbonyl (C=O) groups excluding carboxylic acids is 4.